The molecule has 2 N–H and O–H groups in total. The molecule has 1 atom stereocenters. The van der Waals surface area contributed by atoms with Crippen molar-refractivity contribution < 1.29 is 9.18 Å². The fourth-order valence-corrected chi connectivity index (χ4v) is 4.23. The van der Waals surface area contributed by atoms with Gasteiger partial charge in [0.1, 0.15) is 5.82 Å². The number of carbonyl (C=O) groups is 1. The van der Waals surface area contributed by atoms with Crippen molar-refractivity contribution in [3.63, 3.8) is 0 Å². The molecule has 1 unspecified atom stereocenters. The Morgan fingerprint density at radius 1 is 1.10 bits per heavy atom. The van der Waals surface area contributed by atoms with Crippen LogP contribution in [0.2, 0.25) is 0 Å². The number of benzene rings is 2. The second-order valence-corrected chi connectivity index (χ2v) is 8.26. The molecule has 1 amide bonds. The van der Waals surface area contributed by atoms with Crippen LogP contribution in [-0.2, 0) is 11.3 Å². The van der Waals surface area contributed by atoms with Gasteiger partial charge in [0.2, 0.25) is 5.91 Å². The lowest BCUT2D eigenvalue weighted by Gasteiger charge is -2.36. The van der Waals surface area contributed by atoms with Gasteiger partial charge in [0.05, 0.1) is 12.6 Å². The van der Waals surface area contributed by atoms with E-state index in [1.54, 1.807) is 12.1 Å². The number of rotatable bonds is 7. The zero-order valence-electron chi connectivity index (χ0n) is 17.4. The highest BCUT2D eigenvalue weighted by Gasteiger charge is 2.24. The zero-order valence-corrected chi connectivity index (χ0v) is 18.3. The molecule has 2 aromatic carbocycles. The molecular weight excluding hydrogens is 397 g/mol. The van der Waals surface area contributed by atoms with Gasteiger partial charge in [-0.05, 0) is 43.6 Å². The van der Waals surface area contributed by atoms with Crippen LogP contribution in [0.5, 0.6) is 0 Å². The van der Waals surface area contributed by atoms with Crippen LogP contribution in [0.1, 0.15) is 56.2 Å². The Kier molecular flexibility index (Phi) is 8.20. The molecule has 0 heterocycles. The first kappa shape index (κ1) is 22.2. The highest BCUT2D eigenvalue weighted by Crippen LogP contribution is 2.25. The van der Waals surface area contributed by atoms with Crippen LogP contribution in [0.15, 0.2) is 54.6 Å². The summed E-state index contributed by atoms with van der Waals surface area (Å²) < 4.78 is 14.2. The number of hydrogen-bond donors (Lipinski definition) is 2. The first-order valence-corrected chi connectivity index (χ1v) is 11.1. The third-order valence-corrected chi connectivity index (χ3v) is 6.03. The largest absolute Gasteiger partial charge is 0.353 e. The lowest BCUT2D eigenvalue weighted by molar-refractivity contribution is -0.120. The van der Waals surface area contributed by atoms with E-state index in [0.717, 1.165) is 31.2 Å². The van der Waals surface area contributed by atoms with E-state index in [1.165, 1.54) is 12.5 Å². The molecule has 1 saturated carbocycles. The summed E-state index contributed by atoms with van der Waals surface area (Å²) in [7, 11) is 0. The van der Waals surface area contributed by atoms with Crippen molar-refractivity contribution in [2.45, 2.75) is 57.7 Å². The van der Waals surface area contributed by atoms with Crippen molar-refractivity contribution in [1.82, 2.24) is 15.5 Å². The van der Waals surface area contributed by atoms with E-state index >= 15 is 0 Å². The minimum atomic E-state index is -0.226. The van der Waals surface area contributed by atoms with Gasteiger partial charge >= 0.3 is 0 Å². The van der Waals surface area contributed by atoms with Gasteiger partial charge in [0.15, 0.2) is 5.11 Å². The van der Waals surface area contributed by atoms with E-state index in [-0.39, 0.29) is 30.4 Å². The van der Waals surface area contributed by atoms with Crippen LogP contribution in [0.3, 0.4) is 0 Å². The van der Waals surface area contributed by atoms with Gasteiger partial charge in [0, 0.05) is 18.2 Å². The van der Waals surface area contributed by atoms with Gasteiger partial charge < -0.3 is 15.5 Å². The van der Waals surface area contributed by atoms with E-state index in [0.29, 0.717) is 17.2 Å². The minimum absolute atomic E-state index is 0.0815. The number of thiocarbonyl (C=S) groups is 1. The predicted molar refractivity (Wildman–Crippen MR) is 122 cm³/mol. The monoisotopic (exact) mass is 427 g/mol. The SMILES string of the molecule is CC(NC(=O)CNC(=S)N(Cc1ccccc1F)C1CCCCC1)c1ccccc1. The van der Waals surface area contributed by atoms with Crippen LogP contribution in [0.25, 0.3) is 0 Å². The molecule has 0 aliphatic heterocycles. The van der Waals surface area contributed by atoms with Crippen molar-refractivity contribution in [2.75, 3.05) is 6.54 Å². The third-order valence-electron chi connectivity index (χ3n) is 5.65. The topological polar surface area (TPSA) is 44.4 Å². The summed E-state index contributed by atoms with van der Waals surface area (Å²) in [6.07, 6.45) is 5.59. The summed E-state index contributed by atoms with van der Waals surface area (Å²) in [4.78, 5) is 14.5. The Morgan fingerprint density at radius 2 is 1.77 bits per heavy atom. The molecule has 6 heteroatoms. The van der Waals surface area contributed by atoms with Crippen LogP contribution in [0, 0.1) is 5.82 Å². The number of carbonyl (C=O) groups excluding carboxylic acids is 1. The van der Waals surface area contributed by atoms with Crippen LogP contribution in [0.4, 0.5) is 4.39 Å². The number of halogens is 1. The third kappa shape index (κ3) is 6.26. The van der Waals surface area contributed by atoms with Crippen molar-refractivity contribution in [3.8, 4) is 0 Å². The fourth-order valence-electron chi connectivity index (χ4n) is 3.94. The summed E-state index contributed by atoms with van der Waals surface area (Å²) in [5.41, 5.74) is 1.67. The molecule has 160 valence electrons. The maximum atomic E-state index is 14.2. The zero-order chi connectivity index (χ0) is 21.3. The molecule has 0 aromatic heterocycles. The molecule has 0 spiro atoms. The van der Waals surface area contributed by atoms with Crippen molar-refractivity contribution in [3.05, 3.63) is 71.5 Å². The summed E-state index contributed by atoms with van der Waals surface area (Å²) in [6, 6.07) is 16.8. The maximum Gasteiger partial charge on any atom is 0.239 e. The molecule has 3 rings (SSSR count). The van der Waals surface area contributed by atoms with Crippen LogP contribution >= 0.6 is 12.2 Å². The van der Waals surface area contributed by atoms with Crippen molar-refractivity contribution in [2.24, 2.45) is 0 Å². The number of nitrogens with zero attached hydrogens (tertiary/aromatic N) is 1. The molecule has 0 bridgehead atoms. The highest BCUT2D eigenvalue weighted by atomic mass is 32.1. The second-order valence-electron chi connectivity index (χ2n) is 7.87. The Hall–Kier alpha value is -2.47. The molecular formula is C24H30FN3OS. The Morgan fingerprint density at radius 3 is 2.47 bits per heavy atom. The Balaban J connectivity index is 1.59. The van der Waals surface area contributed by atoms with Crippen molar-refractivity contribution >= 4 is 23.2 Å². The average molecular weight is 428 g/mol. The Labute approximate surface area is 183 Å². The normalized spacial score (nSPS) is 15.3. The van der Waals surface area contributed by atoms with Gasteiger partial charge in [-0.15, -0.1) is 0 Å². The van der Waals surface area contributed by atoms with Crippen LogP contribution in [-0.4, -0.2) is 28.5 Å². The summed E-state index contributed by atoms with van der Waals surface area (Å²) in [5.74, 6) is -0.348. The summed E-state index contributed by atoms with van der Waals surface area (Å²) in [5, 5.41) is 6.60. The van der Waals surface area contributed by atoms with Gasteiger partial charge in [-0.3, -0.25) is 4.79 Å². The number of amides is 1. The molecule has 4 nitrogen and oxygen atoms in total. The lowest BCUT2D eigenvalue weighted by Crippen LogP contribution is -2.49. The first-order valence-electron chi connectivity index (χ1n) is 10.7. The predicted octanol–water partition coefficient (Wildman–Crippen LogP) is 4.71. The van der Waals surface area contributed by atoms with E-state index < -0.39 is 0 Å². The quantitative estimate of drug-likeness (QED) is 0.628. The molecule has 0 saturated heterocycles. The maximum absolute atomic E-state index is 14.2. The smallest absolute Gasteiger partial charge is 0.239 e. The number of nitrogens with one attached hydrogen (secondary N) is 2. The first-order chi connectivity index (χ1) is 14.5. The van der Waals surface area contributed by atoms with E-state index in [4.69, 9.17) is 12.2 Å². The molecule has 30 heavy (non-hydrogen) atoms. The van der Waals surface area contributed by atoms with Crippen molar-refractivity contribution in [1.29, 1.82) is 0 Å². The molecule has 1 aliphatic rings. The lowest BCUT2D eigenvalue weighted by atomic mass is 9.94. The summed E-state index contributed by atoms with van der Waals surface area (Å²) in [6.45, 7) is 2.46. The van der Waals surface area contributed by atoms with E-state index in [9.17, 15) is 9.18 Å². The minimum Gasteiger partial charge on any atom is -0.353 e. The Bertz CT molecular complexity index is 839. The van der Waals surface area contributed by atoms with E-state index in [1.807, 2.05) is 43.3 Å². The molecule has 1 aliphatic carbocycles. The van der Waals surface area contributed by atoms with Crippen LogP contribution < -0.4 is 10.6 Å². The molecule has 2 aromatic rings. The highest BCUT2D eigenvalue weighted by molar-refractivity contribution is 7.80. The average Bonchev–Trinajstić information content (AvgIpc) is 2.78. The fraction of sp³-hybridized carbons (Fsp3) is 0.417. The van der Waals surface area contributed by atoms with Gasteiger partial charge in [0.25, 0.3) is 0 Å². The van der Waals surface area contributed by atoms with Gasteiger partial charge in [-0.2, -0.15) is 0 Å². The van der Waals surface area contributed by atoms with Gasteiger partial charge in [-0.1, -0.05) is 67.8 Å². The summed E-state index contributed by atoms with van der Waals surface area (Å²) >= 11 is 5.64. The molecule has 0 radical (unpaired) electrons. The second kappa shape index (κ2) is 11.1. The molecule has 1 fully saturated rings. The number of hydrogen-bond acceptors (Lipinski definition) is 2. The van der Waals surface area contributed by atoms with Gasteiger partial charge in [-0.25, -0.2) is 4.39 Å². The standard InChI is InChI=1S/C24H30FN3OS/c1-18(19-10-4-2-5-11-19)27-23(29)16-26-24(30)28(21-13-6-3-7-14-21)17-20-12-8-9-15-22(20)25/h2,4-5,8-12,15,18,21H,3,6-7,13-14,16-17H2,1H3,(H,26,30)(H,27,29). The van der Waals surface area contributed by atoms with E-state index in [2.05, 4.69) is 15.5 Å².